The van der Waals surface area contributed by atoms with Gasteiger partial charge in [0, 0.05) is 4.88 Å². The number of rotatable bonds is 2. The van der Waals surface area contributed by atoms with Crippen LogP contribution in [0.25, 0.3) is 0 Å². The van der Waals surface area contributed by atoms with Crippen molar-refractivity contribution in [2.75, 3.05) is 0 Å². The number of hydrogen-bond acceptors (Lipinski definition) is 1. The van der Waals surface area contributed by atoms with Crippen LogP contribution in [0.4, 0.5) is 0 Å². The molecule has 0 spiro atoms. The largest absolute Gasteiger partial charge is 0.132 e. The highest BCUT2D eigenvalue weighted by Gasteiger charge is 2.39. The maximum Gasteiger partial charge on any atom is 0.0701 e. The fourth-order valence-electron chi connectivity index (χ4n) is 2.57. The van der Waals surface area contributed by atoms with Crippen molar-refractivity contribution in [3.8, 4) is 0 Å². The van der Waals surface area contributed by atoms with Crippen molar-refractivity contribution in [2.45, 2.75) is 37.9 Å². The van der Waals surface area contributed by atoms with Gasteiger partial charge in [-0.1, -0.05) is 36.2 Å². The van der Waals surface area contributed by atoms with Gasteiger partial charge in [0.15, 0.2) is 0 Å². The van der Waals surface area contributed by atoms with Gasteiger partial charge in [0.2, 0.25) is 0 Å². The van der Waals surface area contributed by atoms with Gasteiger partial charge in [0.1, 0.15) is 0 Å². The maximum absolute atomic E-state index is 3.89. The van der Waals surface area contributed by atoms with Crippen LogP contribution in [0.5, 0.6) is 0 Å². The van der Waals surface area contributed by atoms with Gasteiger partial charge in [-0.3, -0.25) is 0 Å². The molecule has 84 valence electrons. The molecular formula is C12H16Br2S. The van der Waals surface area contributed by atoms with Crippen molar-refractivity contribution in [1.29, 1.82) is 0 Å². The van der Waals surface area contributed by atoms with Gasteiger partial charge in [0.05, 0.1) is 8.61 Å². The lowest BCUT2D eigenvalue weighted by atomic mass is 9.80. The molecule has 0 saturated heterocycles. The number of hydrogen-bond donors (Lipinski definition) is 0. The molecule has 1 aromatic rings. The molecule has 0 amide bonds. The van der Waals surface area contributed by atoms with Crippen LogP contribution in [0.15, 0.2) is 15.9 Å². The molecule has 1 saturated carbocycles. The Morgan fingerprint density at radius 2 is 2.20 bits per heavy atom. The number of thiophene rings is 1. The third kappa shape index (κ3) is 2.50. The molecule has 1 heterocycles. The third-order valence-electron chi connectivity index (χ3n) is 3.56. The van der Waals surface area contributed by atoms with E-state index in [1.807, 2.05) is 11.3 Å². The van der Waals surface area contributed by atoms with Gasteiger partial charge in [-0.05, 0) is 52.2 Å². The average Bonchev–Trinajstić information content (AvgIpc) is 2.70. The predicted molar refractivity (Wildman–Crippen MR) is 74.8 cm³/mol. The molecule has 15 heavy (non-hydrogen) atoms. The lowest BCUT2D eigenvalue weighted by molar-refractivity contribution is 0.258. The number of halogens is 2. The molecule has 1 fully saturated rings. The lowest BCUT2D eigenvalue weighted by Gasteiger charge is -2.30. The van der Waals surface area contributed by atoms with Crippen molar-refractivity contribution in [3.63, 3.8) is 0 Å². The molecule has 0 radical (unpaired) electrons. The summed E-state index contributed by atoms with van der Waals surface area (Å²) < 4.78 is 1.23. The zero-order chi connectivity index (χ0) is 11.1. The first-order valence-corrected chi connectivity index (χ1v) is 7.92. The smallest absolute Gasteiger partial charge is 0.0701 e. The molecular weight excluding hydrogens is 336 g/mol. The van der Waals surface area contributed by atoms with E-state index in [1.165, 1.54) is 27.9 Å². The second-order valence-corrected chi connectivity index (χ2v) is 8.51. The Morgan fingerprint density at radius 1 is 1.47 bits per heavy atom. The van der Waals surface area contributed by atoms with E-state index in [0.29, 0.717) is 10.2 Å². The second kappa shape index (κ2) is 4.50. The maximum atomic E-state index is 3.89. The van der Waals surface area contributed by atoms with Crippen LogP contribution in [0.1, 0.15) is 42.8 Å². The monoisotopic (exact) mass is 350 g/mol. The van der Waals surface area contributed by atoms with E-state index in [1.54, 1.807) is 0 Å². The van der Waals surface area contributed by atoms with Crippen molar-refractivity contribution < 1.29 is 0 Å². The van der Waals surface area contributed by atoms with Crippen LogP contribution in [0.3, 0.4) is 0 Å². The first-order valence-electron chi connectivity index (χ1n) is 5.40. The van der Waals surface area contributed by atoms with Crippen LogP contribution < -0.4 is 0 Å². The SMILES string of the molecule is CC1(C)CCCC1C(Br)c1ccc(Br)s1. The Morgan fingerprint density at radius 3 is 2.67 bits per heavy atom. The molecule has 1 aromatic heterocycles. The second-order valence-electron chi connectivity index (χ2n) is 5.03. The summed E-state index contributed by atoms with van der Waals surface area (Å²) in [6, 6.07) is 4.39. The summed E-state index contributed by atoms with van der Waals surface area (Å²) in [4.78, 5) is 1.99. The zero-order valence-electron chi connectivity index (χ0n) is 9.09. The molecule has 1 aliphatic rings. The van der Waals surface area contributed by atoms with Crippen LogP contribution >= 0.6 is 43.2 Å². The van der Waals surface area contributed by atoms with E-state index in [0.717, 1.165) is 5.92 Å². The minimum atomic E-state index is 0.491. The van der Waals surface area contributed by atoms with E-state index in [-0.39, 0.29) is 0 Å². The Labute approximate surface area is 113 Å². The molecule has 2 atom stereocenters. The predicted octanol–water partition coefficient (Wildman–Crippen LogP) is 5.77. The van der Waals surface area contributed by atoms with E-state index in [4.69, 9.17) is 0 Å². The van der Waals surface area contributed by atoms with E-state index < -0.39 is 0 Å². The molecule has 3 heteroatoms. The quantitative estimate of drug-likeness (QED) is 0.593. The van der Waals surface area contributed by atoms with Crippen LogP contribution in [0, 0.1) is 11.3 Å². The van der Waals surface area contributed by atoms with Gasteiger partial charge in [-0.25, -0.2) is 0 Å². The number of alkyl halides is 1. The fraction of sp³-hybridized carbons (Fsp3) is 0.667. The zero-order valence-corrected chi connectivity index (χ0v) is 13.1. The highest BCUT2D eigenvalue weighted by atomic mass is 79.9. The van der Waals surface area contributed by atoms with Crippen molar-refractivity contribution in [3.05, 3.63) is 20.8 Å². The first kappa shape index (κ1) is 12.1. The summed E-state index contributed by atoms with van der Waals surface area (Å²) in [6.07, 6.45) is 4.11. The van der Waals surface area contributed by atoms with E-state index >= 15 is 0 Å². The fourth-order valence-corrected chi connectivity index (χ4v) is 5.45. The minimum Gasteiger partial charge on any atom is -0.132 e. The highest BCUT2D eigenvalue weighted by Crippen LogP contribution is 2.53. The summed E-state index contributed by atoms with van der Waals surface area (Å²) >= 11 is 9.28. The van der Waals surface area contributed by atoms with Gasteiger partial charge in [-0.2, -0.15) is 0 Å². The van der Waals surface area contributed by atoms with Gasteiger partial charge < -0.3 is 0 Å². The Hall–Kier alpha value is 0.660. The minimum absolute atomic E-state index is 0.491. The molecule has 0 aromatic carbocycles. The Bertz CT molecular complexity index is 343. The normalized spacial score (nSPS) is 26.8. The highest BCUT2D eigenvalue weighted by molar-refractivity contribution is 9.11. The Balaban J connectivity index is 2.17. The van der Waals surface area contributed by atoms with Crippen molar-refractivity contribution in [2.24, 2.45) is 11.3 Å². The topological polar surface area (TPSA) is 0 Å². The molecule has 0 bridgehead atoms. The Kier molecular flexibility index (Phi) is 3.64. The molecule has 0 nitrogen and oxygen atoms in total. The van der Waals surface area contributed by atoms with E-state index in [2.05, 4.69) is 57.8 Å². The molecule has 2 unspecified atom stereocenters. The van der Waals surface area contributed by atoms with Gasteiger partial charge in [0.25, 0.3) is 0 Å². The van der Waals surface area contributed by atoms with E-state index in [9.17, 15) is 0 Å². The van der Waals surface area contributed by atoms with Crippen LogP contribution in [0.2, 0.25) is 0 Å². The summed E-state index contributed by atoms with van der Waals surface area (Å²) in [5.74, 6) is 0.781. The summed E-state index contributed by atoms with van der Waals surface area (Å²) in [6.45, 7) is 4.81. The molecule has 1 aliphatic carbocycles. The van der Waals surface area contributed by atoms with Crippen molar-refractivity contribution in [1.82, 2.24) is 0 Å². The molecule has 2 rings (SSSR count). The molecule has 0 aliphatic heterocycles. The first-order chi connectivity index (χ1) is 7.00. The summed E-state index contributed by atoms with van der Waals surface area (Å²) in [5, 5.41) is 0. The lowest BCUT2D eigenvalue weighted by Crippen LogP contribution is -2.20. The van der Waals surface area contributed by atoms with Crippen molar-refractivity contribution >= 4 is 43.2 Å². The molecule has 0 N–H and O–H groups in total. The summed E-state index contributed by atoms with van der Waals surface area (Å²) in [7, 11) is 0. The van der Waals surface area contributed by atoms with Crippen LogP contribution in [-0.2, 0) is 0 Å². The van der Waals surface area contributed by atoms with Gasteiger partial charge >= 0.3 is 0 Å². The van der Waals surface area contributed by atoms with Gasteiger partial charge in [-0.15, -0.1) is 11.3 Å². The van der Waals surface area contributed by atoms with Crippen LogP contribution in [-0.4, -0.2) is 0 Å². The third-order valence-corrected chi connectivity index (χ3v) is 6.70. The summed E-state index contributed by atoms with van der Waals surface area (Å²) in [5.41, 5.74) is 0.491. The average molecular weight is 352 g/mol. The standard InChI is InChI=1S/C12H16Br2S/c1-12(2)7-3-4-8(12)11(14)9-5-6-10(13)15-9/h5-6,8,11H,3-4,7H2,1-2H3.